The minimum atomic E-state index is -0.368. The van der Waals surface area contributed by atoms with E-state index >= 15 is 0 Å². The van der Waals surface area contributed by atoms with Crippen LogP contribution in [0, 0.1) is 5.92 Å². The van der Waals surface area contributed by atoms with Crippen LogP contribution in [0.5, 0.6) is 0 Å². The minimum Gasteiger partial charge on any atom is -0.369 e. The van der Waals surface area contributed by atoms with Gasteiger partial charge < -0.3 is 10.6 Å². The number of hydrogen-bond donors (Lipinski definition) is 1. The maximum absolute atomic E-state index is 12.2. The van der Waals surface area contributed by atoms with Gasteiger partial charge in [-0.3, -0.25) is 9.59 Å². The van der Waals surface area contributed by atoms with Gasteiger partial charge in [0.15, 0.2) is 0 Å². The topological polar surface area (TPSA) is 63.4 Å². The molecule has 0 unspecified atom stereocenters. The second kappa shape index (κ2) is 8.22. The van der Waals surface area contributed by atoms with Gasteiger partial charge in [-0.1, -0.05) is 43.7 Å². The predicted octanol–water partition coefficient (Wildman–Crippen LogP) is 2.25. The summed E-state index contributed by atoms with van der Waals surface area (Å²) >= 11 is 1.30. The predicted molar refractivity (Wildman–Crippen MR) is 90.7 cm³/mol. The van der Waals surface area contributed by atoms with Gasteiger partial charge in [0.2, 0.25) is 11.8 Å². The fourth-order valence-corrected chi connectivity index (χ4v) is 3.80. The fraction of sp³-hybridized carbons (Fsp3) is 0.529. The number of nitrogens with zero attached hydrogens (tertiary/aromatic N) is 1. The zero-order valence-corrected chi connectivity index (χ0v) is 13.8. The third kappa shape index (κ3) is 4.50. The van der Waals surface area contributed by atoms with Crippen molar-refractivity contribution in [3.63, 3.8) is 0 Å². The molecule has 0 saturated carbocycles. The highest BCUT2D eigenvalue weighted by Gasteiger charge is 2.31. The lowest BCUT2D eigenvalue weighted by Gasteiger charge is -2.38. The molecule has 1 saturated heterocycles. The zero-order chi connectivity index (χ0) is 15.9. The lowest BCUT2D eigenvalue weighted by molar-refractivity contribution is -0.130. The Morgan fingerprint density at radius 3 is 2.64 bits per heavy atom. The van der Waals surface area contributed by atoms with Crippen LogP contribution in [0.15, 0.2) is 30.3 Å². The molecular formula is C17H24N2O2S. The Labute approximate surface area is 136 Å². The number of piperidine rings is 1. The normalized spacial score (nSPS) is 21.6. The molecule has 2 atom stereocenters. The molecule has 0 aromatic heterocycles. The van der Waals surface area contributed by atoms with Crippen molar-refractivity contribution in [3.05, 3.63) is 35.9 Å². The molecule has 1 fully saturated rings. The first-order valence-electron chi connectivity index (χ1n) is 7.80. The number of hydrogen-bond acceptors (Lipinski definition) is 3. The molecule has 2 rings (SSSR count). The fourth-order valence-electron chi connectivity index (χ4n) is 3.14. The number of likely N-dealkylation sites (tertiary alicyclic amines) is 1. The quantitative estimate of drug-likeness (QED) is 0.874. The summed E-state index contributed by atoms with van der Waals surface area (Å²) in [5.41, 5.74) is 6.48. The standard InChI is InChI=1S/C17H24N2O2S/c1-2-13-10-19(17(21)12-22-11-16(18)20)9-8-15(13)14-6-4-3-5-7-14/h3-7,13,15H,2,8-12H2,1H3,(H2,18,20)/t13-,15+/m0/s1. The average molecular weight is 320 g/mol. The molecule has 2 N–H and O–H groups in total. The summed E-state index contributed by atoms with van der Waals surface area (Å²) in [6.07, 6.45) is 2.08. The van der Waals surface area contributed by atoms with Gasteiger partial charge in [-0.05, 0) is 23.8 Å². The highest BCUT2D eigenvalue weighted by atomic mass is 32.2. The molecule has 1 aliphatic rings. The summed E-state index contributed by atoms with van der Waals surface area (Å²) in [6, 6.07) is 10.6. The number of benzene rings is 1. The third-order valence-electron chi connectivity index (χ3n) is 4.31. The number of primary amides is 1. The molecule has 2 amide bonds. The number of amides is 2. The monoisotopic (exact) mass is 320 g/mol. The summed E-state index contributed by atoms with van der Waals surface area (Å²) in [5.74, 6) is 1.34. The van der Waals surface area contributed by atoms with Gasteiger partial charge in [-0.15, -0.1) is 11.8 Å². The Morgan fingerprint density at radius 1 is 1.27 bits per heavy atom. The van der Waals surface area contributed by atoms with Crippen molar-refractivity contribution >= 4 is 23.6 Å². The second-order valence-electron chi connectivity index (χ2n) is 5.77. The summed E-state index contributed by atoms with van der Waals surface area (Å²) < 4.78 is 0. The molecule has 0 spiro atoms. The summed E-state index contributed by atoms with van der Waals surface area (Å²) in [5, 5.41) is 0. The van der Waals surface area contributed by atoms with Gasteiger partial charge in [0.1, 0.15) is 0 Å². The van der Waals surface area contributed by atoms with Gasteiger partial charge in [0.25, 0.3) is 0 Å². The highest BCUT2D eigenvalue weighted by Crippen LogP contribution is 2.34. The Kier molecular flexibility index (Phi) is 6.31. The smallest absolute Gasteiger partial charge is 0.232 e. The van der Waals surface area contributed by atoms with Crippen LogP contribution in [0.1, 0.15) is 31.2 Å². The molecule has 5 heteroatoms. The van der Waals surface area contributed by atoms with Gasteiger partial charge >= 0.3 is 0 Å². The van der Waals surface area contributed by atoms with E-state index in [1.807, 2.05) is 11.0 Å². The van der Waals surface area contributed by atoms with Crippen molar-refractivity contribution in [1.82, 2.24) is 4.90 Å². The van der Waals surface area contributed by atoms with E-state index < -0.39 is 0 Å². The summed E-state index contributed by atoms with van der Waals surface area (Å²) in [4.78, 5) is 24.9. The highest BCUT2D eigenvalue weighted by molar-refractivity contribution is 8.00. The molecule has 1 aliphatic heterocycles. The third-order valence-corrected chi connectivity index (χ3v) is 5.25. The molecule has 0 bridgehead atoms. The van der Waals surface area contributed by atoms with Crippen molar-refractivity contribution in [2.45, 2.75) is 25.7 Å². The lowest BCUT2D eigenvalue weighted by atomic mass is 9.79. The van der Waals surface area contributed by atoms with Crippen molar-refractivity contribution in [1.29, 1.82) is 0 Å². The molecular weight excluding hydrogens is 296 g/mol. The second-order valence-corrected chi connectivity index (χ2v) is 6.76. The number of carbonyl (C=O) groups excluding carboxylic acids is 2. The van der Waals surface area contributed by atoms with E-state index in [1.54, 1.807) is 0 Å². The first kappa shape index (κ1) is 16.9. The van der Waals surface area contributed by atoms with E-state index in [0.29, 0.717) is 17.6 Å². The van der Waals surface area contributed by atoms with Crippen LogP contribution >= 0.6 is 11.8 Å². The largest absolute Gasteiger partial charge is 0.369 e. The first-order chi connectivity index (χ1) is 10.6. The number of nitrogens with two attached hydrogens (primary N) is 1. The molecule has 0 radical (unpaired) electrons. The van der Waals surface area contributed by atoms with E-state index in [-0.39, 0.29) is 17.6 Å². The van der Waals surface area contributed by atoms with Gasteiger partial charge in [0, 0.05) is 13.1 Å². The lowest BCUT2D eigenvalue weighted by Crippen LogP contribution is -2.43. The number of thioether (sulfide) groups is 1. The van der Waals surface area contributed by atoms with Crippen LogP contribution in [0.4, 0.5) is 0 Å². The van der Waals surface area contributed by atoms with Gasteiger partial charge in [-0.2, -0.15) is 0 Å². The van der Waals surface area contributed by atoms with Crippen LogP contribution in [0.3, 0.4) is 0 Å². The van der Waals surface area contributed by atoms with Crippen LogP contribution in [0.2, 0.25) is 0 Å². The van der Waals surface area contributed by atoms with E-state index in [1.165, 1.54) is 17.3 Å². The van der Waals surface area contributed by atoms with Gasteiger partial charge in [0.05, 0.1) is 11.5 Å². The number of rotatable bonds is 6. The molecule has 0 aliphatic carbocycles. The molecule has 4 nitrogen and oxygen atoms in total. The Hall–Kier alpha value is -1.49. The Bertz CT molecular complexity index is 507. The first-order valence-corrected chi connectivity index (χ1v) is 8.96. The summed E-state index contributed by atoms with van der Waals surface area (Å²) in [6.45, 7) is 3.80. The van der Waals surface area contributed by atoms with Crippen molar-refractivity contribution in [2.24, 2.45) is 11.7 Å². The maximum Gasteiger partial charge on any atom is 0.232 e. The SMILES string of the molecule is CC[C@H]1CN(C(=O)CSCC(N)=O)CC[C@H]1c1ccccc1. The van der Waals surface area contributed by atoms with Crippen LogP contribution in [-0.2, 0) is 9.59 Å². The molecule has 1 heterocycles. The van der Waals surface area contributed by atoms with E-state index in [9.17, 15) is 9.59 Å². The number of carbonyl (C=O) groups is 2. The zero-order valence-electron chi connectivity index (χ0n) is 13.0. The van der Waals surface area contributed by atoms with Crippen molar-refractivity contribution < 1.29 is 9.59 Å². The van der Waals surface area contributed by atoms with Crippen molar-refractivity contribution in [2.75, 3.05) is 24.6 Å². The van der Waals surface area contributed by atoms with Crippen LogP contribution in [-0.4, -0.2) is 41.3 Å². The van der Waals surface area contributed by atoms with E-state index in [0.717, 1.165) is 25.9 Å². The van der Waals surface area contributed by atoms with Crippen LogP contribution < -0.4 is 5.73 Å². The minimum absolute atomic E-state index is 0.121. The van der Waals surface area contributed by atoms with Gasteiger partial charge in [-0.25, -0.2) is 0 Å². The summed E-state index contributed by atoms with van der Waals surface area (Å²) in [7, 11) is 0. The Morgan fingerprint density at radius 2 is 2.00 bits per heavy atom. The van der Waals surface area contributed by atoms with Crippen molar-refractivity contribution in [3.8, 4) is 0 Å². The molecule has 120 valence electrons. The average Bonchev–Trinajstić information content (AvgIpc) is 2.54. The molecule has 22 heavy (non-hydrogen) atoms. The maximum atomic E-state index is 12.2. The van der Waals surface area contributed by atoms with E-state index in [4.69, 9.17) is 5.73 Å². The Balaban J connectivity index is 1.92. The molecule has 1 aromatic carbocycles. The molecule has 1 aromatic rings. The van der Waals surface area contributed by atoms with Crippen LogP contribution in [0.25, 0.3) is 0 Å². The van der Waals surface area contributed by atoms with E-state index in [2.05, 4.69) is 31.2 Å².